The van der Waals surface area contributed by atoms with E-state index in [1.54, 1.807) is 0 Å². The van der Waals surface area contributed by atoms with Crippen LogP contribution in [0.4, 0.5) is 0 Å². The van der Waals surface area contributed by atoms with E-state index in [1.165, 1.54) is 0 Å². The molecule has 0 N–H and O–H groups in total. The van der Waals surface area contributed by atoms with Gasteiger partial charge >= 0.3 is 0 Å². The number of hydrogen-bond acceptors (Lipinski definition) is 7. The SMILES string of the molecule is N#CC1CCC(C(C#N)(C2CCC(C#N)C(C#N)CC2)C2CCC(C#N)C(C#N)CC2)CCC1C#N. The van der Waals surface area contributed by atoms with Gasteiger partial charge in [0.05, 0.1) is 83.4 Å². The molecule has 3 aliphatic carbocycles. The number of nitriles is 7. The van der Waals surface area contributed by atoms with Crippen molar-refractivity contribution in [2.75, 3.05) is 0 Å². The van der Waals surface area contributed by atoms with Crippen molar-refractivity contribution in [1.29, 1.82) is 36.8 Å². The Bertz CT molecular complexity index is 880. The van der Waals surface area contributed by atoms with Crippen LogP contribution in [-0.2, 0) is 0 Å². The summed E-state index contributed by atoms with van der Waals surface area (Å²) in [6.45, 7) is 0. The topological polar surface area (TPSA) is 167 Å². The summed E-state index contributed by atoms with van der Waals surface area (Å²) >= 11 is 0. The van der Waals surface area contributed by atoms with Crippen LogP contribution in [0.3, 0.4) is 0 Å². The van der Waals surface area contributed by atoms with Crippen molar-refractivity contribution in [3.8, 4) is 42.5 Å². The third-order valence-electron chi connectivity index (χ3n) is 9.63. The van der Waals surface area contributed by atoms with Gasteiger partial charge in [-0.2, -0.15) is 36.8 Å². The quantitative estimate of drug-likeness (QED) is 0.453. The molecule has 0 aliphatic heterocycles. The second-order valence-electron chi connectivity index (χ2n) is 11.0. The summed E-state index contributed by atoms with van der Waals surface area (Å²) in [6, 6.07) is 16.7. The van der Waals surface area contributed by atoms with Gasteiger partial charge in [-0.15, -0.1) is 0 Å². The summed E-state index contributed by atoms with van der Waals surface area (Å²) in [7, 11) is 0. The molecule has 0 radical (unpaired) electrons. The maximum absolute atomic E-state index is 11.0. The molecule has 3 rings (SSSR count). The minimum atomic E-state index is -0.723. The smallest absolute Gasteiger partial charge is 0.0698 e. The first kappa shape index (κ1) is 27.0. The molecule has 3 saturated carbocycles. The molecule has 0 spiro atoms. The van der Waals surface area contributed by atoms with E-state index in [0.717, 1.165) is 0 Å². The van der Waals surface area contributed by atoms with Crippen LogP contribution >= 0.6 is 0 Å². The van der Waals surface area contributed by atoms with Gasteiger partial charge in [-0.1, -0.05) is 0 Å². The third kappa shape index (κ3) is 5.17. The van der Waals surface area contributed by atoms with E-state index >= 15 is 0 Å². The Morgan fingerprint density at radius 2 is 0.528 bits per heavy atom. The van der Waals surface area contributed by atoms with Gasteiger partial charge < -0.3 is 0 Å². The fourth-order valence-electron chi connectivity index (χ4n) is 7.56. The molecule has 7 heteroatoms. The zero-order valence-electron chi connectivity index (χ0n) is 20.8. The van der Waals surface area contributed by atoms with Gasteiger partial charge in [-0.05, 0) is 94.8 Å². The van der Waals surface area contributed by atoms with Crippen molar-refractivity contribution in [1.82, 2.24) is 0 Å². The first-order chi connectivity index (χ1) is 17.5. The second kappa shape index (κ2) is 12.4. The Morgan fingerprint density at radius 3 is 0.667 bits per heavy atom. The monoisotopic (exact) mass is 479 g/mol. The average Bonchev–Trinajstić information content (AvgIpc) is 3.36. The lowest BCUT2D eigenvalue weighted by atomic mass is 9.55. The van der Waals surface area contributed by atoms with Gasteiger partial charge in [0.15, 0.2) is 0 Å². The lowest BCUT2D eigenvalue weighted by molar-refractivity contribution is 0.0309. The summed E-state index contributed by atoms with van der Waals surface area (Å²) in [4.78, 5) is 0. The van der Waals surface area contributed by atoms with E-state index < -0.39 is 5.41 Å². The summed E-state index contributed by atoms with van der Waals surface area (Å²) in [5.41, 5.74) is -0.723. The molecule has 0 saturated heterocycles. The minimum absolute atomic E-state index is 0.00467. The Labute approximate surface area is 215 Å². The van der Waals surface area contributed by atoms with Gasteiger partial charge in [-0.25, -0.2) is 0 Å². The largest absolute Gasteiger partial charge is 0.198 e. The summed E-state index contributed by atoms with van der Waals surface area (Å²) in [5.74, 6) is -2.01. The van der Waals surface area contributed by atoms with Crippen LogP contribution in [0.1, 0.15) is 77.0 Å². The van der Waals surface area contributed by atoms with Crippen molar-refractivity contribution in [2.45, 2.75) is 77.0 Å². The maximum Gasteiger partial charge on any atom is 0.0698 e. The molecule has 0 bridgehead atoms. The van der Waals surface area contributed by atoms with E-state index in [4.69, 9.17) is 0 Å². The molecule has 0 aromatic heterocycles. The predicted molar refractivity (Wildman–Crippen MR) is 129 cm³/mol. The highest BCUT2D eigenvalue weighted by atomic mass is 14.6. The molecular formula is C29H33N7. The second-order valence-corrected chi connectivity index (χ2v) is 11.0. The van der Waals surface area contributed by atoms with Gasteiger partial charge in [0.2, 0.25) is 0 Å². The molecule has 3 aliphatic rings. The fraction of sp³-hybridized carbons (Fsp3) is 0.759. The molecule has 7 nitrogen and oxygen atoms in total. The Kier molecular flexibility index (Phi) is 9.31. The van der Waals surface area contributed by atoms with Crippen LogP contribution in [0.15, 0.2) is 0 Å². The molecule has 3 fully saturated rings. The Hall–Kier alpha value is -3.57. The highest BCUT2D eigenvalue weighted by Crippen LogP contribution is 2.57. The van der Waals surface area contributed by atoms with Gasteiger partial charge in [-0.3, -0.25) is 0 Å². The van der Waals surface area contributed by atoms with E-state index in [-0.39, 0.29) is 53.3 Å². The summed E-state index contributed by atoms with van der Waals surface area (Å²) in [6.07, 6.45) is 7.72. The van der Waals surface area contributed by atoms with Crippen LogP contribution in [0.25, 0.3) is 0 Å². The highest BCUT2D eigenvalue weighted by Gasteiger charge is 2.53. The van der Waals surface area contributed by atoms with E-state index in [9.17, 15) is 36.8 Å². The first-order valence-corrected chi connectivity index (χ1v) is 13.3. The molecule has 36 heavy (non-hydrogen) atoms. The highest BCUT2D eigenvalue weighted by molar-refractivity contribution is 5.15. The van der Waals surface area contributed by atoms with Crippen LogP contribution in [-0.4, -0.2) is 0 Å². The van der Waals surface area contributed by atoms with Crippen LogP contribution < -0.4 is 0 Å². The van der Waals surface area contributed by atoms with Crippen molar-refractivity contribution in [3.05, 3.63) is 0 Å². The Balaban J connectivity index is 2.03. The van der Waals surface area contributed by atoms with Crippen molar-refractivity contribution in [3.63, 3.8) is 0 Å². The normalized spacial score (nSPS) is 38.6. The van der Waals surface area contributed by atoms with Crippen molar-refractivity contribution in [2.24, 2.45) is 58.7 Å². The fourth-order valence-corrected chi connectivity index (χ4v) is 7.56. The zero-order chi connectivity index (χ0) is 26.1. The van der Waals surface area contributed by atoms with Crippen molar-refractivity contribution < 1.29 is 0 Å². The number of hydrogen-bond donors (Lipinski definition) is 0. The summed E-state index contributed by atoms with van der Waals surface area (Å²) in [5, 5.41) is 69.0. The number of rotatable bonds is 3. The lowest BCUT2D eigenvalue weighted by Crippen LogP contribution is -2.43. The molecular weight excluding hydrogens is 446 g/mol. The maximum atomic E-state index is 11.0. The minimum Gasteiger partial charge on any atom is -0.198 e. The van der Waals surface area contributed by atoms with E-state index in [2.05, 4.69) is 42.5 Å². The molecule has 0 amide bonds. The Morgan fingerprint density at radius 1 is 0.333 bits per heavy atom. The lowest BCUT2D eigenvalue weighted by Gasteiger charge is -2.47. The van der Waals surface area contributed by atoms with Crippen LogP contribution in [0, 0.1) is 138 Å². The molecule has 0 aromatic carbocycles. The predicted octanol–water partition coefficient (Wildman–Crippen LogP) is 5.91. The zero-order valence-corrected chi connectivity index (χ0v) is 20.8. The molecule has 0 heterocycles. The standard InChI is InChI=1S/C29H33N7/c30-13-20-1-7-26(8-2-21(20)14-31)29(19-36,27-9-3-22(15-32)23(16-33)4-10-27)28-11-5-24(17-34)25(18-35)6-12-28/h20-28H,1-12H2. The van der Waals surface area contributed by atoms with Crippen molar-refractivity contribution >= 4 is 0 Å². The van der Waals surface area contributed by atoms with E-state index in [1.807, 2.05) is 0 Å². The first-order valence-electron chi connectivity index (χ1n) is 13.3. The molecule has 6 unspecified atom stereocenters. The third-order valence-corrected chi connectivity index (χ3v) is 9.63. The van der Waals surface area contributed by atoms with Crippen LogP contribution in [0.5, 0.6) is 0 Å². The summed E-state index contributed by atoms with van der Waals surface area (Å²) < 4.78 is 0. The van der Waals surface area contributed by atoms with Gasteiger partial charge in [0.1, 0.15) is 0 Å². The molecule has 184 valence electrons. The molecule has 0 aromatic rings. The van der Waals surface area contributed by atoms with E-state index in [0.29, 0.717) is 77.0 Å². The molecule has 6 atom stereocenters. The van der Waals surface area contributed by atoms with Gasteiger partial charge in [0, 0.05) is 0 Å². The number of nitrogens with zero attached hydrogens (tertiary/aromatic N) is 7. The van der Waals surface area contributed by atoms with Crippen LogP contribution in [0.2, 0.25) is 0 Å². The average molecular weight is 480 g/mol. The van der Waals surface area contributed by atoms with Gasteiger partial charge in [0.25, 0.3) is 0 Å².